The van der Waals surface area contributed by atoms with Crippen molar-refractivity contribution in [3.05, 3.63) is 52.7 Å². The van der Waals surface area contributed by atoms with Gasteiger partial charge in [-0.15, -0.1) is 11.3 Å². The third-order valence-electron chi connectivity index (χ3n) is 7.27. The van der Waals surface area contributed by atoms with Crippen LogP contribution in [0.2, 0.25) is 0 Å². The van der Waals surface area contributed by atoms with E-state index < -0.39 is 0 Å². The van der Waals surface area contributed by atoms with Crippen molar-refractivity contribution in [2.75, 3.05) is 31.1 Å². The number of aryl methyl sites for hydroxylation is 2. The standard InChI is InChI=1S/C26H31N5O2S/c1-17-18(2)34-25-22(17)23(27-16-28-25)30-12-8-20(9-13-30)26(33)31-14-10-21(11-15-31)29-24(32)19-6-4-3-5-7-19/h3-7,16,20-21H,8-15H2,1-2H3,(H,29,32). The lowest BCUT2D eigenvalue weighted by atomic mass is 9.93. The molecular formula is C26H31N5O2S. The molecule has 2 saturated heterocycles. The Morgan fingerprint density at radius 3 is 2.38 bits per heavy atom. The monoisotopic (exact) mass is 477 g/mol. The van der Waals surface area contributed by atoms with E-state index in [-0.39, 0.29) is 23.8 Å². The van der Waals surface area contributed by atoms with E-state index in [9.17, 15) is 9.59 Å². The van der Waals surface area contributed by atoms with Crippen molar-refractivity contribution in [2.24, 2.45) is 5.92 Å². The molecule has 2 aliphatic rings. The van der Waals surface area contributed by atoms with Crippen LogP contribution in [0.15, 0.2) is 36.7 Å². The van der Waals surface area contributed by atoms with E-state index in [2.05, 4.69) is 34.0 Å². The summed E-state index contributed by atoms with van der Waals surface area (Å²) in [6, 6.07) is 9.43. The SMILES string of the molecule is Cc1sc2ncnc(N3CCC(C(=O)N4CCC(NC(=O)c5ccccc5)CC4)CC3)c2c1C. The minimum Gasteiger partial charge on any atom is -0.356 e. The Bertz CT molecular complexity index is 1180. The predicted octanol–water partition coefficient (Wildman–Crippen LogP) is 3.95. The highest BCUT2D eigenvalue weighted by Crippen LogP contribution is 2.35. The quantitative estimate of drug-likeness (QED) is 0.616. The average molecular weight is 478 g/mol. The molecule has 0 saturated carbocycles. The third-order valence-corrected chi connectivity index (χ3v) is 8.38. The molecule has 0 spiro atoms. The predicted molar refractivity (Wildman–Crippen MR) is 135 cm³/mol. The molecule has 4 heterocycles. The number of nitrogens with zero attached hydrogens (tertiary/aromatic N) is 4. The second-order valence-electron chi connectivity index (χ2n) is 9.36. The summed E-state index contributed by atoms with van der Waals surface area (Å²) in [5.74, 6) is 1.30. The van der Waals surface area contributed by atoms with Gasteiger partial charge in [-0.25, -0.2) is 9.97 Å². The zero-order valence-electron chi connectivity index (χ0n) is 19.8. The number of fused-ring (bicyclic) bond motifs is 1. The van der Waals surface area contributed by atoms with Gasteiger partial charge in [-0.1, -0.05) is 18.2 Å². The Hall–Kier alpha value is -3.00. The molecule has 2 aliphatic heterocycles. The van der Waals surface area contributed by atoms with E-state index in [1.807, 2.05) is 35.2 Å². The first-order chi connectivity index (χ1) is 16.5. The topological polar surface area (TPSA) is 78.4 Å². The van der Waals surface area contributed by atoms with E-state index in [1.165, 1.54) is 10.4 Å². The molecular weight excluding hydrogens is 446 g/mol. The van der Waals surface area contributed by atoms with E-state index in [4.69, 9.17) is 0 Å². The molecule has 2 amide bonds. The van der Waals surface area contributed by atoms with Crippen molar-refractivity contribution in [3.8, 4) is 0 Å². The average Bonchev–Trinajstić information content (AvgIpc) is 3.18. The van der Waals surface area contributed by atoms with E-state index in [0.29, 0.717) is 18.7 Å². The molecule has 0 atom stereocenters. The van der Waals surface area contributed by atoms with E-state index >= 15 is 0 Å². The molecule has 0 bridgehead atoms. The molecule has 0 radical (unpaired) electrons. The summed E-state index contributed by atoms with van der Waals surface area (Å²) in [6.45, 7) is 7.36. The molecule has 3 aromatic rings. The fourth-order valence-corrected chi connectivity index (χ4v) is 6.09. The number of benzene rings is 1. The Morgan fingerprint density at radius 1 is 0.971 bits per heavy atom. The van der Waals surface area contributed by atoms with Gasteiger partial charge in [-0.05, 0) is 57.2 Å². The summed E-state index contributed by atoms with van der Waals surface area (Å²) in [6.07, 6.45) is 4.96. The van der Waals surface area contributed by atoms with Gasteiger partial charge < -0.3 is 15.1 Å². The largest absolute Gasteiger partial charge is 0.356 e. The van der Waals surface area contributed by atoms with Crippen LogP contribution in [-0.2, 0) is 4.79 Å². The van der Waals surface area contributed by atoms with Gasteiger partial charge in [-0.3, -0.25) is 9.59 Å². The minimum absolute atomic E-state index is 0.0346. The molecule has 7 nitrogen and oxygen atoms in total. The van der Waals surface area contributed by atoms with Crippen LogP contribution in [0.5, 0.6) is 0 Å². The normalized spacial score (nSPS) is 17.8. The molecule has 8 heteroatoms. The maximum absolute atomic E-state index is 13.2. The van der Waals surface area contributed by atoms with Gasteiger partial charge in [0, 0.05) is 48.6 Å². The zero-order chi connectivity index (χ0) is 23.7. The molecule has 1 N–H and O–H groups in total. The summed E-state index contributed by atoms with van der Waals surface area (Å²) in [4.78, 5) is 41.3. The highest BCUT2D eigenvalue weighted by molar-refractivity contribution is 7.18. The van der Waals surface area contributed by atoms with Gasteiger partial charge in [0.15, 0.2) is 0 Å². The molecule has 34 heavy (non-hydrogen) atoms. The van der Waals surface area contributed by atoms with Gasteiger partial charge in [0.2, 0.25) is 5.91 Å². The zero-order valence-corrected chi connectivity index (χ0v) is 20.6. The number of aromatic nitrogens is 2. The number of likely N-dealkylation sites (tertiary alicyclic amines) is 1. The van der Waals surface area contributed by atoms with Crippen LogP contribution in [0.25, 0.3) is 10.2 Å². The number of amides is 2. The van der Waals surface area contributed by atoms with Gasteiger partial charge in [0.05, 0.1) is 5.39 Å². The number of piperidine rings is 2. The summed E-state index contributed by atoms with van der Waals surface area (Å²) in [5, 5.41) is 4.29. The smallest absolute Gasteiger partial charge is 0.251 e. The van der Waals surface area contributed by atoms with Gasteiger partial charge in [-0.2, -0.15) is 0 Å². The third kappa shape index (κ3) is 4.51. The molecule has 0 aliphatic carbocycles. The summed E-state index contributed by atoms with van der Waals surface area (Å²) < 4.78 is 0. The first kappa shape index (κ1) is 22.8. The van der Waals surface area contributed by atoms with E-state index in [0.717, 1.165) is 54.8 Å². The van der Waals surface area contributed by atoms with Gasteiger partial charge in [0.25, 0.3) is 5.91 Å². The summed E-state index contributed by atoms with van der Waals surface area (Å²) in [7, 11) is 0. The second kappa shape index (κ2) is 9.70. The fourth-order valence-electron chi connectivity index (χ4n) is 5.10. The van der Waals surface area contributed by atoms with Crippen molar-refractivity contribution in [2.45, 2.75) is 45.6 Å². The van der Waals surface area contributed by atoms with Crippen LogP contribution in [0.4, 0.5) is 5.82 Å². The molecule has 2 aromatic heterocycles. The maximum atomic E-state index is 13.2. The number of rotatable bonds is 4. The first-order valence-corrected chi connectivity index (χ1v) is 12.9. The van der Waals surface area contributed by atoms with Crippen LogP contribution in [0, 0.1) is 19.8 Å². The number of hydrogen-bond donors (Lipinski definition) is 1. The van der Waals surface area contributed by atoms with Crippen molar-refractivity contribution >= 4 is 39.2 Å². The van der Waals surface area contributed by atoms with E-state index in [1.54, 1.807) is 17.7 Å². The van der Waals surface area contributed by atoms with Crippen LogP contribution >= 0.6 is 11.3 Å². The molecule has 5 rings (SSSR count). The highest BCUT2D eigenvalue weighted by Gasteiger charge is 2.32. The number of thiophene rings is 1. The minimum atomic E-state index is -0.0346. The second-order valence-corrected chi connectivity index (χ2v) is 10.6. The number of hydrogen-bond acceptors (Lipinski definition) is 6. The van der Waals surface area contributed by atoms with Crippen molar-refractivity contribution in [1.82, 2.24) is 20.2 Å². The first-order valence-electron chi connectivity index (χ1n) is 12.1. The lowest BCUT2D eigenvalue weighted by Crippen LogP contribution is -2.49. The number of anilines is 1. The lowest BCUT2D eigenvalue weighted by Gasteiger charge is -2.38. The van der Waals surface area contributed by atoms with Gasteiger partial charge in [0.1, 0.15) is 17.0 Å². The molecule has 178 valence electrons. The number of nitrogens with one attached hydrogen (secondary N) is 1. The highest BCUT2D eigenvalue weighted by atomic mass is 32.1. The van der Waals surface area contributed by atoms with Crippen LogP contribution in [0.3, 0.4) is 0 Å². The van der Waals surface area contributed by atoms with Crippen LogP contribution in [-0.4, -0.2) is 58.9 Å². The van der Waals surface area contributed by atoms with Crippen molar-refractivity contribution in [1.29, 1.82) is 0 Å². The number of carbonyl (C=O) groups excluding carboxylic acids is 2. The van der Waals surface area contributed by atoms with Crippen LogP contribution < -0.4 is 10.2 Å². The fraction of sp³-hybridized carbons (Fsp3) is 0.462. The maximum Gasteiger partial charge on any atom is 0.251 e. The lowest BCUT2D eigenvalue weighted by molar-refractivity contribution is -0.137. The molecule has 1 aromatic carbocycles. The summed E-state index contributed by atoms with van der Waals surface area (Å²) in [5.41, 5.74) is 1.94. The van der Waals surface area contributed by atoms with Crippen LogP contribution in [0.1, 0.15) is 46.5 Å². The summed E-state index contributed by atoms with van der Waals surface area (Å²) >= 11 is 1.72. The van der Waals surface area contributed by atoms with Crippen molar-refractivity contribution in [3.63, 3.8) is 0 Å². The van der Waals surface area contributed by atoms with Gasteiger partial charge >= 0.3 is 0 Å². The molecule has 0 unspecified atom stereocenters. The Kier molecular flexibility index (Phi) is 6.50. The Balaban J connectivity index is 1.14. The number of carbonyl (C=O) groups is 2. The Morgan fingerprint density at radius 2 is 1.68 bits per heavy atom. The molecule has 2 fully saturated rings. The van der Waals surface area contributed by atoms with Crippen molar-refractivity contribution < 1.29 is 9.59 Å². The Labute approximate surface area is 204 Å².